The van der Waals surface area contributed by atoms with Crippen molar-refractivity contribution in [2.24, 2.45) is 0 Å². The third-order valence-corrected chi connectivity index (χ3v) is 5.93. The van der Waals surface area contributed by atoms with E-state index >= 15 is 0 Å². The summed E-state index contributed by atoms with van der Waals surface area (Å²) in [5.74, 6) is 0.327. The maximum absolute atomic E-state index is 12.8. The van der Waals surface area contributed by atoms with E-state index in [4.69, 9.17) is 4.74 Å². The number of hydrogen-bond acceptors (Lipinski definition) is 3. The molecule has 0 bridgehead atoms. The van der Waals surface area contributed by atoms with Crippen LogP contribution >= 0.6 is 11.3 Å². The molecule has 0 fully saturated rings. The molecule has 0 aliphatic carbocycles. The molecule has 1 N–H and O–H groups in total. The fourth-order valence-corrected chi connectivity index (χ4v) is 4.54. The average Bonchev–Trinajstić information content (AvgIpc) is 3.10. The van der Waals surface area contributed by atoms with Crippen LogP contribution in [0.3, 0.4) is 0 Å². The Morgan fingerprint density at radius 1 is 1.07 bits per heavy atom. The zero-order chi connectivity index (χ0) is 19.9. The quantitative estimate of drug-likeness (QED) is 0.590. The van der Waals surface area contributed by atoms with Crippen LogP contribution in [0.2, 0.25) is 0 Å². The summed E-state index contributed by atoms with van der Waals surface area (Å²) in [6.45, 7) is 0. The zero-order valence-electron chi connectivity index (χ0n) is 14.8. The molecule has 0 spiro atoms. The number of anilines is 1. The molecule has 28 heavy (non-hydrogen) atoms. The maximum Gasteiger partial charge on any atom is 0.416 e. The lowest BCUT2D eigenvalue weighted by Gasteiger charge is -2.24. The predicted octanol–water partition coefficient (Wildman–Crippen LogP) is 5.92. The van der Waals surface area contributed by atoms with Crippen molar-refractivity contribution in [1.82, 2.24) is 0 Å². The van der Waals surface area contributed by atoms with Crippen molar-refractivity contribution in [3.05, 3.63) is 69.9 Å². The fourth-order valence-electron chi connectivity index (χ4n) is 3.38. The van der Waals surface area contributed by atoms with E-state index < -0.39 is 11.7 Å². The largest absolute Gasteiger partial charge is 0.497 e. The van der Waals surface area contributed by atoms with Gasteiger partial charge in [-0.2, -0.15) is 13.2 Å². The van der Waals surface area contributed by atoms with E-state index in [1.54, 1.807) is 7.11 Å². The first kappa shape index (κ1) is 18.6. The summed E-state index contributed by atoms with van der Waals surface area (Å²) in [7, 11) is 1.59. The summed E-state index contributed by atoms with van der Waals surface area (Å²) >= 11 is 1.50. The van der Waals surface area contributed by atoms with Gasteiger partial charge >= 0.3 is 6.18 Å². The topological polar surface area (TPSA) is 38.3 Å². The highest BCUT2D eigenvalue weighted by molar-refractivity contribution is 7.11. The lowest BCUT2D eigenvalue weighted by molar-refractivity contribution is -0.137. The summed E-state index contributed by atoms with van der Waals surface area (Å²) in [5.41, 5.74) is 2.57. The molecule has 144 valence electrons. The van der Waals surface area contributed by atoms with Gasteiger partial charge < -0.3 is 10.1 Å². The minimum atomic E-state index is -4.38. The van der Waals surface area contributed by atoms with Crippen molar-refractivity contribution in [3.8, 4) is 16.9 Å². The van der Waals surface area contributed by atoms with Gasteiger partial charge in [-0.3, -0.25) is 4.79 Å². The number of amides is 1. The highest BCUT2D eigenvalue weighted by Gasteiger charge is 2.33. The Hall–Kier alpha value is -2.80. The van der Waals surface area contributed by atoms with Crippen LogP contribution in [0.5, 0.6) is 5.75 Å². The summed E-state index contributed by atoms with van der Waals surface area (Å²) in [6.07, 6.45) is -4.17. The van der Waals surface area contributed by atoms with Crippen molar-refractivity contribution in [2.45, 2.75) is 18.5 Å². The second-order valence-electron chi connectivity index (χ2n) is 6.54. The van der Waals surface area contributed by atoms with Gasteiger partial charge in [0.1, 0.15) is 5.75 Å². The normalized spacial score (nSPS) is 16.4. The number of rotatable bonds is 3. The van der Waals surface area contributed by atoms with E-state index in [-0.39, 0.29) is 18.2 Å². The Morgan fingerprint density at radius 2 is 1.75 bits per heavy atom. The first-order valence-electron chi connectivity index (χ1n) is 8.59. The van der Waals surface area contributed by atoms with Crippen LogP contribution in [0.15, 0.2) is 53.9 Å². The van der Waals surface area contributed by atoms with E-state index in [1.807, 2.05) is 29.6 Å². The fraction of sp³-hybridized carbons (Fsp3) is 0.190. The van der Waals surface area contributed by atoms with Gasteiger partial charge in [-0.1, -0.05) is 24.3 Å². The first-order chi connectivity index (χ1) is 13.4. The molecular weight excluding hydrogens is 387 g/mol. The average molecular weight is 403 g/mol. The lowest BCUT2D eigenvalue weighted by atomic mass is 9.88. The molecule has 4 rings (SSSR count). The van der Waals surface area contributed by atoms with Gasteiger partial charge in [-0.15, -0.1) is 11.3 Å². The standard InChI is InChI=1S/C21H16F3NO2S/c1-27-15-8-4-13(5-9-15)17-11-28-20-16(10-18(26)25-19(17)20)12-2-6-14(7-3-12)21(22,23)24/h2-9,11,16H,10H2,1H3,(H,25,26)/t16-/m0/s1. The van der Waals surface area contributed by atoms with Gasteiger partial charge in [0.05, 0.1) is 18.4 Å². The minimum absolute atomic E-state index is 0.148. The highest BCUT2D eigenvalue weighted by Crippen LogP contribution is 2.47. The second-order valence-corrected chi connectivity index (χ2v) is 7.45. The predicted molar refractivity (Wildman–Crippen MR) is 103 cm³/mol. The molecule has 3 aromatic rings. The van der Waals surface area contributed by atoms with Crippen molar-refractivity contribution in [2.75, 3.05) is 12.4 Å². The second kappa shape index (κ2) is 6.98. The molecule has 2 heterocycles. The van der Waals surface area contributed by atoms with Gasteiger partial charge in [-0.25, -0.2) is 0 Å². The van der Waals surface area contributed by atoms with Crippen LogP contribution in [0.4, 0.5) is 18.9 Å². The Labute approximate surface area is 163 Å². The summed E-state index contributed by atoms with van der Waals surface area (Å²) in [6, 6.07) is 12.6. The SMILES string of the molecule is COc1ccc(-c2csc3c2NC(=O)C[C@H]3c2ccc(C(F)(F)F)cc2)cc1. The van der Waals surface area contributed by atoms with E-state index in [0.717, 1.165) is 39.6 Å². The molecule has 0 saturated carbocycles. The smallest absolute Gasteiger partial charge is 0.416 e. The van der Waals surface area contributed by atoms with Crippen LogP contribution in [-0.2, 0) is 11.0 Å². The van der Waals surface area contributed by atoms with Crippen LogP contribution in [0.1, 0.15) is 28.3 Å². The summed E-state index contributed by atoms with van der Waals surface area (Å²) in [5, 5.41) is 4.90. The van der Waals surface area contributed by atoms with Crippen LogP contribution in [0, 0.1) is 0 Å². The van der Waals surface area contributed by atoms with Gasteiger partial charge in [0, 0.05) is 28.2 Å². The summed E-state index contributed by atoms with van der Waals surface area (Å²) in [4.78, 5) is 13.3. The number of thiophene rings is 1. The molecular formula is C21H16F3NO2S. The number of methoxy groups -OCH3 is 1. The van der Waals surface area contributed by atoms with Crippen LogP contribution < -0.4 is 10.1 Å². The Bertz CT molecular complexity index is 1010. The number of fused-ring (bicyclic) bond motifs is 1. The van der Waals surface area contributed by atoms with Crippen LogP contribution in [0.25, 0.3) is 11.1 Å². The summed E-state index contributed by atoms with van der Waals surface area (Å²) < 4.78 is 43.7. The zero-order valence-corrected chi connectivity index (χ0v) is 15.7. The molecule has 1 amide bonds. The monoisotopic (exact) mass is 403 g/mol. The van der Waals surface area contributed by atoms with Gasteiger partial charge in [0.25, 0.3) is 0 Å². The molecule has 2 aromatic carbocycles. The lowest BCUT2D eigenvalue weighted by Crippen LogP contribution is -2.22. The molecule has 0 unspecified atom stereocenters. The molecule has 1 atom stereocenters. The first-order valence-corrected chi connectivity index (χ1v) is 9.47. The number of alkyl halides is 3. The van der Waals surface area contributed by atoms with Crippen molar-refractivity contribution in [3.63, 3.8) is 0 Å². The molecule has 1 aromatic heterocycles. The van der Waals surface area contributed by atoms with E-state index in [1.165, 1.54) is 23.5 Å². The molecule has 0 saturated heterocycles. The van der Waals surface area contributed by atoms with Crippen molar-refractivity contribution >= 4 is 22.9 Å². The molecule has 1 aliphatic heterocycles. The molecule has 7 heteroatoms. The Kier molecular flexibility index (Phi) is 4.63. The third-order valence-electron chi connectivity index (χ3n) is 4.83. The number of ether oxygens (including phenoxy) is 1. The number of nitrogens with one attached hydrogen (secondary N) is 1. The maximum atomic E-state index is 12.8. The van der Waals surface area contributed by atoms with E-state index in [0.29, 0.717) is 5.56 Å². The van der Waals surface area contributed by atoms with Gasteiger partial charge in [-0.05, 0) is 35.4 Å². The van der Waals surface area contributed by atoms with Crippen molar-refractivity contribution < 1.29 is 22.7 Å². The third kappa shape index (κ3) is 3.38. The van der Waals surface area contributed by atoms with E-state index in [2.05, 4.69) is 5.32 Å². The van der Waals surface area contributed by atoms with Gasteiger partial charge in [0.15, 0.2) is 0 Å². The molecule has 3 nitrogen and oxygen atoms in total. The van der Waals surface area contributed by atoms with E-state index in [9.17, 15) is 18.0 Å². The Balaban J connectivity index is 1.72. The number of benzene rings is 2. The molecule has 1 aliphatic rings. The van der Waals surface area contributed by atoms with Gasteiger partial charge in [0.2, 0.25) is 5.91 Å². The Morgan fingerprint density at radius 3 is 2.36 bits per heavy atom. The highest BCUT2D eigenvalue weighted by atomic mass is 32.1. The molecule has 0 radical (unpaired) electrons. The van der Waals surface area contributed by atoms with Crippen molar-refractivity contribution in [1.29, 1.82) is 0 Å². The number of carbonyl (C=O) groups excluding carboxylic acids is 1. The number of hydrogen-bond donors (Lipinski definition) is 1. The number of halogens is 3. The van der Waals surface area contributed by atoms with Crippen LogP contribution in [-0.4, -0.2) is 13.0 Å². The number of carbonyl (C=O) groups is 1. The minimum Gasteiger partial charge on any atom is -0.497 e.